The van der Waals surface area contributed by atoms with Crippen molar-refractivity contribution in [2.45, 2.75) is 63.3 Å². The highest BCUT2D eigenvalue weighted by Gasteiger charge is 2.40. The van der Waals surface area contributed by atoms with Crippen LogP contribution >= 0.6 is 0 Å². The van der Waals surface area contributed by atoms with Gasteiger partial charge in [0, 0.05) is 37.8 Å². The van der Waals surface area contributed by atoms with Crippen LogP contribution in [0, 0.1) is 0 Å². The quantitative estimate of drug-likeness (QED) is 0.536. The fourth-order valence-corrected chi connectivity index (χ4v) is 6.07. The first-order chi connectivity index (χ1) is 16.5. The number of alkyl halides is 2. The van der Waals surface area contributed by atoms with Crippen molar-refractivity contribution in [2.24, 2.45) is 0 Å². The van der Waals surface area contributed by atoms with Crippen molar-refractivity contribution < 1.29 is 31.8 Å². The maximum atomic E-state index is 13.1. The van der Waals surface area contributed by atoms with Gasteiger partial charge in [-0.1, -0.05) is 0 Å². The van der Waals surface area contributed by atoms with Crippen molar-refractivity contribution in [3.05, 3.63) is 22.6 Å². The minimum absolute atomic E-state index is 0.113. The van der Waals surface area contributed by atoms with Gasteiger partial charge in [-0.25, -0.2) is 13.4 Å². The molecule has 1 saturated heterocycles. The standard InChI is InChI=1S/C21H29F2N5O6S/c1-21(30)7-3-4-16(21)28-17-13(10-15(18(28)29)34-19(22)23)11-24-20(26-17)25-14-5-8-27(9-6-14)35(31,32)12-33-2/h10-11,14,16,19,30H,3-9,12H2,1-2H3,(H,24,25,26)/t16-,21-/m1/s1. The molecule has 0 bridgehead atoms. The Balaban J connectivity index is 1.63. The van der Waals surface area contributed by atoms with Gasteiger partial charge < -0.3 is 19.9 Å². The van der Waals surface area contributed by atoms with Crippen LogP contribution in [0.3, 0.4) is 0 Å². The van der Waals surface area contributed by atoms with Crippen LogP contribution in [0.25, 0.3) is 11.0 Å². The second-order valence-electron chi connectivity index (χ2n) is 9.14. The van der Waals surface area contributed by atoms with Crippen LogP contribution in [0.2, 0.25) is 0 Å². The van der Waals surface area contributed by atoms with Gasteiger partial charge in [0.15, 0.2) is 11.7 Å². The topological polar surface area (TPSA) is 136 Å². The maximum absolute atomic E-state index is 13.1. The molecule has 1 aliphatic heterocycles. The molecular weight excluding hydrogens is 488 g/mol. The van der Waals surface area contributed by atoms with Crippen molar-refractivity contribution in [1.29, 1.82) is 0 Å². The van der Waals surface area contributed by atoms with Gasteiger partial charge in [0.05, 0.1) is 11.6 Å². The molecule has 2 fully saturated rings. The van der Waals surface area contributed by atoms with Gasteiger partial charge in [-0.2, -0.15) is 18.1 Å². The third-order valence-corrected chi connectivity index (χ3v) is 8.28. The minimum Gasteiger partial charge on any atom is -0.429 e. The summed E-state index contributed by atoms with van der Waals surface area (Å²) in [7, 11) is -2.15. The van der Waals surface area contributed by atoms with Crippen LogP contribution in [0.5, 0.6) is 5.75 Å². The summed E-state index contributed by atoms with van der Waals surface area (Å²) in [4.78, 5) is 21.9. The molecule has 11 nitrogen and oxygen atoms in total. The molecule has 4 rings (SSSR count). The molecule has 2 N–H and O–H groups in total. The van der Waals surface area contributed by atoms with Crippen molar-refractivity contribution in [3.8, 4) is 5.75 Å². The van der Waals surface area contributed by atoms with E-state index < -0.39 is 39.6 Å². The Morgan fingerprint density at radius 1 is 1.31 bits per heavy atom. The van der Waals surface area contributed by atoms with Crippen molar-refractivity contribution in [3.63, 3.8) is 0 Å². The Morgan fingerprint density at radius 3 is 2.63 bits per heavy atom. The third-order valence-electron chi connectivity index (χ3n) is 6.59. The molecule has 1 saturated carbocycles. The second kappa shape index (κ2) is 9.91. The number of pyridine rings is 1. The van der Waals surface area contributed by atoms with Gasteiger partial charge in [-0.05, 0) is 45.1 Å². The molecule has 2 atom stereocenters. The van der Waals surface area contributed by atoms with E-state index in [1.165, 1.54) is 28.2 Å². The first kappa shape index (κ1) is 25.7. The van der Waals surface area contributed by atoms with E-state index in [-0.39, 0.29) is 23.6 Å². The predicted octanol–water partition coefficient (Wildman–Crippen LogP) is 1.68. The third kappa shape index (κ3) is 5.39. The number of fused-ring (bicyclic) bond motifs is 1. The summed E-state index contributed by atoms with van der Waals surface area (Å²) < 4.78 is 62.0. The summed E-state index contributed by atoms with van der Waals surface area (Å²) in [6.45, 7) is -0.963. The number of methoxy groups -OCH3 is 1. The van der Waals surface area contributed by atoms with Crippen LogP contribution < -0.4 is 15.6 Å². The fourth-order valence-electron chi connectivity index (χ4n) is 4.86. The maximum Gasteiger partial charge on any atom is 0.387 e. The minimum atomic E-state index is -3.48. The lowest BCUT2D eigenvalue weighted by molar-refractivity contribution is -0.0513. The highest BCUT2D eigenvalue weighted by atomic mass is 32.2. The number of anilines is 1. The molecule has 3 heterocycles. The predicted molar refractivity (Wildman–Crippen MR) is 123 cm³/mol. The lowest BCUT2D eigenvalue weighted by Crippen LogP contribution is -2.43. The number of ether oxygens (including phenoxy) is 2. The molecule has 0 unspecified atom stereocenters. The van der Waals surface area contributed by atoms with Gasteiger partial charge in [0.2, 0.25) is 16.0 Å². The monoisotopic (exact) mass is 517 g/mol. The molecular formula is C21H29F2N5O6S. The number of halogens is 2. The molecule has 0 aromatic carbocycles. The number of sulfonamides is 1. The van der Waals surface area contributed by atoms with Crippen molar-refractivity contribution in [1.82, 2.24) is 18.8 Å². The number of aliphatic hydroxyl groups is 1. The first-order valence-electron chi connectivity index (χ1n) is 11.3. The van der Waals surface area contributed by atoms with Gasteiger partial charge in [0.25, 0.3) is 5.56 Å². The van der Waals surface area contributed by atoms with Gasteiger partial charge >= 0.3 is 6.61 Å². The van der Waals surface area contributed by atoms with Crippen LogP contribution in [0.15, 0.2) is 17.1 Å². The van der Waals surface area contributed by atoms with E-state index in [0.29, 0.717) is 50.6 Å². The summed E-state index contributed by atoms with van der Waals surface area (Å²) in [6.07, 6.45) is 4.01. The molecule has 194 valence electrons. The van der Waals surface area contributed by atoms with Crippen LogP contribution in [0.4, 0.5) is 14.7 Å². The lowest BCUT2D eigenvalue weighted by atomic mass is 10.00. The lowest BCUT2D eigenvalue weighted by Gasteiger charge is -2.31. The average Bonchev–Trinajstić information content (AvgIpc) is 3.13. The summed E-state index contributed by atoms with van der Waals surface area (Å²) in [5.74, 6) is -0.702. The molecule has 0 amide bonds. The Hall–Kier alpha value is -2.42. The Bertz CT molecular complexity index is 1230. The average molecular weight is 518 g/mol. The van der Waals surface area contributed by atoms with E-state index in [9.17, 15) is 27.1 Å². The molecule has 14 heteroatoms. The second-order valence-corrected chi connectivity index (χ2v) is 11.1. The van der Waals surface area contributed by atoms with Crippen LogP contribution in [0.1, 0.15) is 45.1 Å². The molecule has 0 spiro atoms. The Kier molecular flexibility index (Phi) is 7.27. The van der Waals surface area contributed by atoms with E-state index >= 15 is 0 Å². The molecule has 1 aliphatic carbocycles. The summed E-state index contributed by atoms with van der Waals surface area (Å²) in [6, 6.07) is 0.390. The SMILES string of the molecule is COCS(=O)(=O)N1CCC(Nc2ncc3cc(OC(F)F)c(=O)n([C@@H]4CCC[C@@]4(C)O)c3n2)CC1. The number of rotatable bonds is 8. The van der Waals surface area contributed by atoms with E-state index in [1.807, 2.05) is 0 Å². The molecule has 35 heavy (non-hydrogen) atoms. The van der Waals surface area contributed by atoms with Gasteiger partial charge in [-0.3, -0.25) is 9.36 Å². The van der Waals surface area contributed by atoms with E-state index in [2.05, 4.69) is 20.0 Å². The van der Waals surface area contributed by atoms with Crippen LogP contribution in [-0.2, 0) is 14.8 Å². The number of hydrogen-bond acceptors (Lipinski definition) is 9. The Labute approximate surface area is 201 Å². The number of nitrogens with one attached hydrogen (secondary N) is 1. The zero-order valence-corrected chi connectivity index (χ0v) is 20.3. The summed E-state index contributed by atoms with van der Waals surface area (Å²) >= 11 is 0. The zero-order chi connectivity index (χ0) is 25.4. The molecule has 0 radical (unpaired) electrons. The molecule has 2 aliphatic rings. The normalized spacial score (nSPS) is 24.3. The molecule has 2 aromatic rings. The van der Waals surface area contributed by atoms with E-state index in [4.69, 9.17) is 4.74 Å². The number of aromatic nitrogens is 3. The number of hydrogen-bond donors (Lipinski definition) is 2. The van der Waals surface area contributed by atoms with Gasteiger partial charge in [-0.15, -0.1) is 0 Å². The highest BCUT2D eigenvalue weighted by Crippen LogP contribution is 2.40. The number of nitrogens with zero attached hydrogens (tertiary/aromatic N) is 4. The van der Waals surface area contributed by atoms with E-state index in [1.54, 1.807) is 6.92 Å². The zero-order valence-electron chi connectivity index (χ0n) is 19.5. The smallest absolute Gasteiger partial charge is 0.387 e. The van der Waals surface area contributed by atoms with Crippen molar-refractivity contribution in [2.75, 3.05) is 31.5 Å². The fraction of sp³-hybridized carbons (Fsp3) is 0.667. The first-order valence-corrected chi connectivity index (χ1v) is 13.0. The summed E-state index contributed by atoms with van der Waals surface area (Å²) in [5.41, 5.74) is -1.83. The van der Waals surface area contributed by atoms with E-state index in [0.717, 1.165) is 0 Å². The highest BCUT2D eigenvalue weighted by molar-refractivity contribution is 7.88. The molecule has 2 aromatic heterocycles. The van der Waals surface area contributed by atoms with Crippen molar-refractivity contribution >= 4 is 27.0 Å². The summed E-state index contributed by atoms with van der Waals surface area (Å²) in [5, 5.41) is 14.3. The van der Waals surface area contributed by atoms with Crippen LogP contribution in [-0.4, -0.2) is 76.8 Å². The number of piperidine rings is 1. The Morgan fingerprint density at radius 2 is 2.03 bits per heavy atom. The van der Waals surface area contributed by atoms with Gasteiger partial charge in [0.1, 0.15) is 5.65 Å². The largest absolute Gasteiger partial charge is 0.429 e.